The molecule has 0 spiro atoms. The molecule has 0 saturated heterocycles. The van der Waals surface area contributed by atoms with E-state index in [1.165, 1.54) is 0 Å². The van der Waals surface area contributed by atoms with Gasteiger partial charge in [-0.2, -0.15) is 0 Å². The molecule has 0 aromatic heterocycles. The minimum absolute atomic E-state index is 0.106. The fourth-order valence-corrected chi connectivity index (χ4v) is 1.04. The van der Waals surface area contributed by atoms with E-state index in [1.54, 1.807) is 19.0 Å². The number of nitrogens with zero attached hydrogens (tertiary/aromatic N) is 2. The Labute approximate surface area is 91.0 Å². The molecule has 5 heteroatoms. The molecule has 0 bridgehead atoms. The van der Waals surface area contributed by atoms with Crippen LogP contribution in [0.4, 0.5) is 0 Å². The molecule has 0 rings (SSSR count). The summed E-state index contributed by atoms with van der Waals surface area (Å²) in [5.41, 5.74) is 5.40. The third kappa shape index (κ3) is 5.88. The molecule has 4 nitrogen and oxygen atoms in total. The summed E-state index contributed by atoms with van der Waals surface area (Å²) in [6.07, 6.45) is 0.671. The summed E-state index contributed by atoms with van der Waals surface area (Å²) in [6.45, 7) is 4.04. The van der Waals surface area contributed by atoms with Gasteiger partial charge in [0.05, 0.1) is 11.5 Å². The highest BCUT2D eigenvalue weighted by Crippen LogP contribution is 1.93. The molecule has 0 atom stereocenters. The summed E-state index contributed by atoms with van der Waals surface area (Å²) in [5.74, 6) is 0.106. The van der Waals surface area contributed by atoms with Gasteiger partial charge in [0.25, 0.3) is 0 Å². The zero-order valence-electron chi connectivity index (χ0n) is 9.12. The zero-order valence-corrected chi connectivity index (χ0v) is 9.93. The lowest BCUT2D eigenvalue weighted by Gasteiger charge is -2.21. The summed E-state index contributed by atoms with van der Waals surface area (Å²) in [7, 11) is 3.51. The van der Waals surface area contributed by atoms with E-state index in [-0.39, 0.29) is 5.91 Å². The topological polar surface area (TPSA) is 49.6 Å². The van der Waals surface area contributed by atoms with Crippen molar-refractivity contribution in [1.29, 1.82) is 0 Å². The molecular formula is C9H19N3OS. The van der Waals surface area contributed by atoms with Crippen molar-refractivity contribution < 1.29 is 4.79 Å². The van der Waals surface area contributed by atoms with Gasteiger partial charge in [0.2, 0.25) is 5.91 Å². The van der Waals surface area contributed by atoms with Gasteiger partial charge in [-0.1, -0.05) is 19.1 Å². The molecule has 0 fully saturated rings. The Morgan fingerprint density at radius 3 is 2.36 bits per heavy atom. The van der Waals surface area contributed by atoms with Gasteiger partial charge in [-0.15, -0.1) is 0 Å². The normalized spacial score (nSPS) is 10.3. The Balaban J connectivity index is 3.90. The van der Waals surface area contributed by atoms with Crippen LogP contribution in [0.2, 0.25) is 0 Å². The molecule has 0 aliphatic carbocycles. The number of rotatable bonds is 6. The van der Waals surface area contributed by atoms with Crippen LogP contribution in [0.25, 0.3) is 0 Å². The molecule has 0 heterocycles. The maximum atomic E-state index is 11.4. The maximum Gasteiger partial charge on any atom is 0.236 e. The highest BCUT2D eigenvalue weighted by molar-refractivity contribution is 7.80. The van der Waals surface area contributed by atoms with E-state index in [1.807, 2.05) is 11.8 Å². The number of carbonyl (C=O) groups is 1. The van der Waals surface area contributed by atoms with Crippen LogP contribution in [-0.4, -0.2) is 54.4 Å². The van der Waals surface area contributed by atoms with Gasteiger partial charge < -0.3 is 10.6 Å². The maximum absolute atomic E-state index is 11.4. The van der Waals surface area contributed by atoms with Crippen molar-refractivity contribution in [1.82, 2.24) is 9.80 Å². The second-order valence-corrected chi connectivity index (χ2v) is 3.90. The Morgan fingerprint density at radius 1 is 1.43 bits per heavy atom. The average Bonchev–Trinajstić information content (AvgIpc) is 2.11. The van der Waals surface area contributed by atoms with E-state index >= 15 is 0 Å². The van der Waals surface area contributed by atoms with Gasteiger partial charge >= 0.3 is 0 Å². The lowest BCUT2D eigenvalue weighted by atomic mass is 10.3. The third-order valence-electron chi connectivity index (χ3n) is 1.98. The molecule has 0 saturated carbocycles. The summed E-state index contributed by atoms with van der Waals surface area (Å²) in [5, 5.41) is 0. The molecule has 14 heavy (non-hydrogen) atoms. The van der Waals surface area contributed by atoms with Crippen molar-refractivity contribution in [2.24, 2.45) is 5.73 Å². The first-order valence-corrected chi connectivity index (χ1v) is 5.09. The van der Waals surface area contributed by atoms with Crippen molar-refractivity contribution in [3.05, 3.63) is 0 Å². The van der Waals surface area contributed by atoms with Crippen LogP contribution in [0, 0.1) is 0 Å². The van der Waals surface area contributed by atoms with Crippen LogP contribution >= 0.6 is 12.2 Å². The Morgan fingerprint density at radius 2 is 2.00 bits per heavy atom. The molecule has 82 valence electrons. The van der Waals surface area contributed by atoms with Crippen LogP contribution in [0.1, 0.15) is 13.3 Å². The van der Waals surface area contributed by atoms with Gasteiger partial charge in [-0.25, -0.2) is 0 Å². The fourth-order valence-electron chi connectivity index (χ4n) is 0.950. The Hall–Kier alpha value is -0.680. The Kier molecular flexibility index (Phi) is 6.40. The van der Waals surface area contributed by atoms with Crippen molar-refractivity contribution in [3.63, 3.8) is 0 Å². The lowest BCUT2D eigenvalue weighted by Crippen LogP contribution is -2.37. The van der Waals surface area contributed by atoms with Crippen LogP contribution in [0.15, 0.2) is 0 Å². The third-order valence-corrected chi connectivity index (χ3v) is 2.18. The van der Waals surface area contributed by atoms with Crippen molar-refractivity contribution >= 4 is 23.1 Å². The van der Waals surface area contributed by atoms with E-state index in [0.29, 0.717) is 18.0 Å². The average molecular weight is 217 g/mol. The number of hydrogen-bond donors (Lipinski definition) is 1. The van der Waals surface area contributed by atoms with Crippen molar-refractivity contribution in [2.45, 2.75) is 13.3 Å². The quantitative estimate of drug-likeness (QED) is 0.640. The monoisotopic (exact) mass is 217 g/mol. The molecule has 0 aliphatic rings. The molecule has 1 amide bonds. The summed E-state index contributed by atoms with van der Waals surface area (Å²) in [4.78, 5) is 15.5. The number of amides is 1. The predicted octanol–water partition coefficient (Wildman–Crippen LogP) is 0.0727. The predicted molar refractivity (Wildman–Crippen MR) is 62.2 cm³/mol. The number of nitrogens with two attached hydrogens (primary N) is 1. The molecular weight excluding hydrogens is 198 g/mol. The highest BCUT2D eigenvalue weighted by atomic mass is 32.1. The minimum Gasteiger partial charge on any atom is -0.393 e. The first-order chi connectivity index (χ1) is 6.47. The van der Waals surface area contributed by atoms with Crippen molar-refractivity contribution in [2.75, 3.05) is 33.7 Å². The smallest absolute Gasteiger partial charge is 0.236 e. The van der Waals surface area contributed by atoms with E-state index in [9.17, 15) is 4.79 Å². The molecule has 0 aliphatic heterocycles. The van der Waals surface area contributed by atoms with Crippen LogP contribution in [0.3, 0.4) is 0 Å². The minimum atomic E-state index is 0.106. The summed E-state index contributed by atoms with van der Waals surface area (Å²) >= 11 is 4.78. The largest absolute Gasteiger partial charge is 0.393 e. The van der Waals surface area contributed by atoms with Gasteiger partial charge in [0.1, 0.15) is 0 Å². The SMILES string of the molecule is CCN(CCC(N)=S)CC(=O)N(C)C. The highest BCUT2D eigenvalue weighted by Gasteiger charge is 2.10. The molecule has 0 aromatic carbocycles. The number of carbonyl (C=O) groups excluding carboxylic acids is 1. The van der Waals surface area contributed by atoms with Crippen LogP contribution < -0.4 is 5.73 Å². The standard InChI is InChI=1S/C9H19N3OS/c1-4-12(6-5-8(10)14)7-9(13)11(2)3/h4-7H2,1-3H3,(H2,10,14). The van der Waals surface area contributed by atoms with E-state index in [2.05, 4.69) is 0 Å². The number of likely N-dealkylation sites (N-methyl/N-ethyl adjacent to an activating group) is 2. The molecule has 0 radical (unpaired) electrons. The number of thiocarbonyl (C=S) groups is 1. The first-order valence-electron chi connectivity index (χ1n) is 4.68. The van der Waals surface area contributed by atoms with Crippen LogP contribution in [-0.2, 0) is 4.79 Å². The molecule has 0 aromatic rings. The fraction of sp³-hybridized carbons (Fsp3) is 0.778. The van der Waals surface area contributed by atoms with E-state index in [0.717, 1.165) is 13.1 Å². The van der Waals surface area contributed by atoms with E-state index < -0.39 is 0 Å². The van der Waals surface area contributed by atoms with Gasteiger partial charge in [0, 0.05) is 27.1 Å². The second-order valence-electron chi connectivity index (χ2n) is 3.37. The lowest BCUT2D eigenvalue weighted by molar-refractivity contribution is -0.129. The Bertz CT molecular complexity index is 206. The number of hydrogen-bond acceptors (Lipinski definition) is 3. The van der Waals surface area contributed by atoms with E-state index in [4.69, 9.17) is 18.0 Å². The van der Waals surface area contributed by atoms with Crippen molar-refractivity contribution in [3.8, 4) is 0 Å². The van der Waals surface area contributed by atoms with Gasteiger partial charge in [-0.3, -0.25) is 9.69 Å². The van der Waals surface area contributed by atoms with Crippen LogP contribution in [0.5, 0.6) is 0 Å². The van der Waals surface area contributed by atoms with Gasteiger partial charge in [0.15, 0.2) is 0 Å². The summed E-state index contributed by atoms with van der Waals surface area (Å²) in [6, 6.07) is 0. The summed E-state index contributed by atoms with van der Waals surface area (Å²) < 4.78 is 0. The zero-order chi connectivity index (χ0) is 11.1. The van der Waals surface area contributed by atoms with Gasteiger partial charge in [-0.05, 0) is 6.54 Å². The second kappa shape index (κ2) is 6.73. The first kappa shape index (κ1) is 13.3. The molecule has 0 unspecified atom stereocenters. The molecule has 2 N–H and O–H groups in total.